The highest BCUT2D eigenvalue weighted by atomic mass is 16.6. The molecule has 8 heteroatoms. The van der Waals surface area contributed by atoms with Gasteiger partial charge in [0.05, 0.1) is 29.6 Å². The molecule has 0 saturated carbocycles. The van der Waals surface area contributed by atoms with Gasteiger partial charge in [-0.3, -0.25) is 10.1 Å². The van der Waals surface area contributed by atoms with E-state index in [-0.39, 0.29) is 23.4 Å². The molecule has 0 N–H and O–H groups in total. The fraction of sp³-hybridized carbons (Fsp3) is 0.0833. The Morgan fingerprint density at radius 3 is 2.44 bits per heavy atom. The van der Waals surface area contributed by atoms with Gasteiger partial charge in [-0.25, -0.2) is 0 Å². The number of hydrogen-bond donors (Lipinski definition) is 0. The minimum Gasteiger partial charge on any atom is -0.545 e. The third-order valence-electron chi connectivity index (χ3n) is 4.58. The summed E-state index contributed by atoms with van der Waals surface area (Å²) in [6.07, 6.45) is 1.59. The third kappa shape index (κ3) is 5.09. The molecule has 3 aromatic rings. The van der Waals surface area contributed by atoms with Gasteiger partial charge in [0.1, 0.15) is 6.61 Å². The zero-order valence-electron chi connectivity index (χ0n) is 17.0. The van der Waals surface area contributed by atoms with Gasteiger partial charge in [0.15, 0.2) is 11.5 Å². The van der Waals surface area contributed by atoms with Crippen molar-refractivity contribution in [2.45, 2.75) is 6.61 Å². The Labute approximate surface area is 183 Å². The fourth-order valence-electron chi connectivity index (χ4n) is 3.00. The number of aromatic carboxylic acids is 1. The summed E-state index contributed by atoms with van der Waals surface area (Å²) < 4.78 is 11.3. The van der Waals surface area contributed by atoms with Crippen LogP contribution in [0.2, 0.25) is 0 Å². The van der Waals surface area contributed by atoms with Crippen LogP contribution in [-0.4, -0.2) is 18.0 Å². The van der Waals surface area contributed by atoms with Crippen molar-refractivity contribution in [2.75, 3.05) is 7.11 Å². The molecule has 0 heterocycles. The number of carboxylic acid groups (broad SMARTS) is 1. The summed E-state index contributed by atoms with van der Waals surface area (Å²) in [4.78, 5) is 21.4. The lowest BCUT2D eigenvalue weighted by atomic mass is 10.0. The number of methoxy groups -OCH3 is 1. The molecular formula is C24H17N2O6-. The number of carbonyl (C=O) groups excluding carboxylic acids is 1. The van der Waals surface area contributed by atoms with Gasteiger partial charge >= 0.3 is 0 Å². The molecule has 160 valence electrons. The molecule has 0 unspecified atom stereocenters. The van der Waals surface area contributed by atoms with E-state index in [4.69, 9.17) is 9.47 Å². The van der Waals surface area contributed by atoms with Gasteiger partial charge in [0.2, 0.25) is 0 Å². The molecule has 32 heavy (non-hydrogen) atoms. The Kier molecular flexibility index (Phi) is 6.83. The van der Waals surface area contributed by atoms with Crippen LogP contribution in [0.3, 0.4) is 0 Å². The standard InChI is InChI=1S/C24H18N2O6/c1-31-22-7-3-5-18(13-20(14-25)17-8-10-21(11-9-17)26(29)30)23(22)32-15-16-4-2-6-19(12-16)24(27)28/h2-13H,15H2,1H3,(H,27,28)/p-1/b20-13-. The maximum absolute atomic E-state index is 11.1. The minimum atomic E-state index is -1.28. The van der Waals surface area contributed by atoms with E-state index in [9.17, 15) is 25.3 Å². The highest BCUT2D eigenvalue weighted by molar-refractivity contribution is 5.91. The topological polar surface area (TPSA) is 126 Å². The van der Waals surface area contributed by atoms with Crippen LogP contribution in [0, 0.1) is 21.4 Å². The first-order chi connectivity index (χ1) is 15.4. The number of para-hydroxylation sites is 1. The normalized spacial score (nSPS) is 10.8. The molecule has 0 amide bonds. The highest BCUT2D eigenvalue weighted by Crippen LogP contribution is 2.34. The number of rotatable bonds is 8. The smallest absolute Gasteiger partial charge is 0.269 e. The van der Waals surface area contributed by atoms with E-state index < -0.39 is 10.9 Å². The maximum Gasteiger partial charge on any atom is 0.269 e. The predicted molar refractivity (Wildman–Crippen MR) is 115 cm³/mol. The Morgan fingerprint density at radius 1 is 1.09 bits per heavy atom. The third-order valence-corrected chi connectivity index (χ3v) is 4.58. The van der Waals surface area contributed by atoms with Crippen molar-refractivity contribution in [3.05, 3.63) is 99.1 Å². The van der Waals surface area contributed by atoms with E-state index in [0.29, 0.717) is 28.2 Å². The van der Waals surface area contributed by atoms with Crippen molar-refractivity contribution in [1.82, 2.24) is 0 Å². The quantitative estimate of drug-likeness (QED) is 0.232. The van der Waals surface area contributed by atoms with E-state index >= 15 is 0 Å². The van der Waals surface area contributed by atoms with Crippen molar-refractivity contribution in [3.8, 4) is 17.6 Å². The summed E-state index contributed by atoms with van der Waals surface area (Å²) in [6, 6.07) is 19.1. The van der Waals surface area contributed by atoms with Gasteiger partial charge in [-0.05, 0) is 47.0 Å². The number of hydrogen-bond acceptors (Lipinski definition) is 7. The summed E-state index contributed by atoms with van der Waals surface area (Å²) in [5.74, 6) is -0.492. The second-order valence-corrected chi connectivity index (χ2v) is 6.63. The molecule has 0 aliphatic heterocycles. The van der Waals surface area contributed by atoms with Gasteiger partial charge in [0, 0.05) is 17.7 Å². The number of ether oxygens (including phenoxy) is 2. The summed E-state index contributed by atoms with van der Waals surface area (Å²) in [6.45, 7) is 0.0573. The lowest BCUT2D eigenvalue weighted by Crippen LogP contribution is -2.22. The molecule has 3 rings (SSSR count). The van der Waals surface area contributed by atoms with Crippen LogP contribution >= 0.6 is 0 Å². The van der Waals surface area contributed by atoms with Crippen molar-refractivity contribution < 1.29 is 24.3 Å². The largest absolute Gasteiger partial charge is 0.545 e. The molecule has 0 aliphatic carbocycles. The first-order valence-electron chi connectivity index (χ1n) is 9.39. The average molecular weight is 429 g/mol. The molecule has 3 aromatic carbocycles. The van der Waals surface area contributed by atoms with Crippen molar-refractivity contribution >= 4 is 23.3 Å². The monoisotopic (exact) mass is 429 g/mol. The molecule has 0 spiro atoms. The molecule has 0 bridgehead atoms. The number of allylic oxidation sites excluding steroid dienone is 1. The number of nitriles is 1. The molecule has 0 atom stereocenters. The Balaban J connectivity index is 1.94. The number of non-ortho nitro benzene ring substituents is 1. The Bertz CT molecular complexity index is 1230. The first-order valence-corrected chi connectivity index (χ1v) is 9.39. The van der Waals surface area contributed by atoms with E-state index in [2.05, 4.69) is 6.07 Å². The molecule has 0 aromatic heterocycles. The molecular weight excluding hydrogens is 412 g/mol. The van der Waals surface area contributed by atoms with Crippen molar-refractivity contribution in [3.63, 3.8) is 0 Å². The van der Waals surface area contributed by atoms with Gasteiger partial charge in [-0.1, -0.05) is 30.3 Å². The second-order valence-electron chi connectivity index (χ2n) is 6.63. The van der Waals surface area contributed by atoms with Crippen LogP contribution in [0.5, 0.6) is 11.5 Å². The number of nitrogens with zero attached hydrogens (tertiary/aromatic N) is 2. The second kappa shape index (κ2) is 9.91. The molecule has 0 saturated heterocycles. The zero-order chi connectivity index (χ0) is 23.1. The predicted octanol–water partition coefficient (Wildman–Crippen LogP) is 3.61. The number of carboxylic acids is 1. The van der Waals surface area contributed by atoms with Gasteiger partial charge < -0.3 is 19.4 Å². The lowest BCUT2D eigenvalue weighted by molar-refractivity contribution is -0.384. The molecule has 0 radical (unpaired) electrons. The van der Waals surface area contributed by atoms with Crippen LogP contribution in [0.25, 0.3) is 11.6 Å². The average Bonchev–Trinajstić information content (AvgIpc) is 2.81. The Hall–Kier alpha value is -4.64. The number of benzene rings is 3. The van der Waals surface area contributed by atoms with Gasteiger partial charge in [-0.15, -0.1) is 0 Å². The molecule has 8 nitrogen and oxygen atoms in total. The molecule has 0 fully saturated rings. The van der Waals surface area contributed by atoms with E-state index in [1.807, 2.05) is 0 Å². The van der Waals surface area contributed by atoms with E-state index in [1.54, 1.807) is 36.4 Å². The molecule has 0 aliphatic rings. The van der Waals surface area contributed by atoms with Crippen LogP contribution in [0.4, 0.5) is 5.69 Å². The number of carbonyl (C=O) groups is 1. The number of nitro benzene ring substituents is 1. The summed E-state index contributed by atoms with van der Waals surface area (Å²) in [5, 5.41) is 31.6. The van der Waals surface area contributed by atoms with Gasteiger partial charge in [-0.2, -0.15) is 5.26 Å². The van der Waals surface area contributed by atoms with Crippen molar-refractivity contribution in [2.24, 2.45) is 0 Å². The maximum atomic E-state index is 11.1. The zero-order valence-corrected chi connectivity index (χ0v) is 17.0. The SMILES string of the molecule is COc1cccc(/C=C(/C#N)c2ccc([N+](=O)[O-])cc2)c1OCc1cccc(C(=O)[O-])c1. The minimum absolute atomic E-state index is 0.0381. The van der Waals surface area contributed by atoms with Crippen LogP contribution in [-0.2, 0) is 6.61 Å². The summed E-state index contributed by atoms with van der Waals surface area (Å²) in [5.41, 5.74) is 1.91. The van der Waals surface area contributed by atoms with Crippen LogP contribution < -0.4 is 14.6 Å². The van der Waals surface area contributed by atoms with E-state index in [1.165, 1.54) is 43.5 Å². The van der Waals surface area contributed by atoms with Crippen molar-refractivity contribution in [1.29, 1.82) is 5.26 Å². The first kappa shape index (κ1) is 22.1. The summed E-state index contributed by atoms with van der Waals surface area (Å²) >= 11 is 0. The van der Waals surface area contributed by atoms with Crippen LogP contribution in [0.15, 0.2) is 66.7 Å². The van der Waals surface area contributed by atoms with Crippen LogP contribution in [0.1, 0.15) is 27.0 Å². The summed E-state index contributed by atoms with van der Waals surface area (Å²) in [7, 11) is 1.48. The highest BCUT2D eigenvalue weighted by Gasteiger charge is 2.13. The lowest BCUT2D eigenvalue weighted by Gasteiger charge is -2.14. The van der Waals surface area contributed by atoms with Gasteiger partial charge in [0.25, 0.3) is 5.69 Å². The Morgan fingerprint density at radius 2 is 1.81 bits per heavy atom. The van der Waals surface area contributed by atoms with E-state index in [0.717, 1.165) is 0 Å². The number of nitro groups is 1. The fourth-order valence-corrected chi connectivity index (χ4v) is 3.00.